The molecule has 50 heavy (non-hydrogen) atoms. The molecule has 1 aliphatic heterocycles. The van der Waals surface area contributed by atoms with Crippen molar-refractivity contribution in [3.8, 4) is 0 Å². The highest BCUT2D eigenvalue weighted by molar-refractivity contribution is 7.99. The first-order chi connectivity index (χ1) is 24.2. The second kappa shape index (κ2) is 27.1. The average molecular weight is 748 g/mol. The van der Waals surface area contributed by atoms with Gasteiger partial charge in [0.25, 0.3) is 5.56 Å². The van der Waals surface area contributed by atoms with E-state index in [1.165, 1.54) is 107 Å². The van der Waals surface area contributed by atoms with E-state index in [1.54, 1.807) is 18.7 Å². The molecule has 13 nitrogen and oxygen atoms in total. The van der Waals surface area contributed by atoms with Gasteiger partial charge in [-0.2, -0.15) is 22.5 Å². The van der Waals surface area contributed by atoms with Gasteiger partial charge in [0.15, 0.2) is 0 Å². The highest BCUT2D eigenvalue weighted by atomic mass is 32.2. The number of aromatic amines is 1. The number of hydrogen-bond acceptors (Lipinski definition) is 8. The zero-order valence-electron chi connectivity index (χ0n) is 30.9. The average Bonchev–Trinajstić information content (AvgIpc) is 3.49. The Morgan fingerprint density at radius 1 is 0.980 bits per heavy atom. The van der Waals surface area contributed by atoms with Gasteiger partial charge >= 0.3 is 13.5 Å². The number of phosphoric acid groups is 1. The molecule has 4 N–H and O–H groups in total. The van der Waals surface area contributed by atoms with Gasteiger partial charge in [0, 0.05) is 36.6 Å². The van der Waals surface area contributed by atoms with Crippen molar-refractivity contribution in [2.75, 3.05) is 31.3 Å². The molecule has 0 spiro atoms. The third-order valence-corrected chi connectivity index (χ3v) is 11.2. The fourth-order valence-electron chi connectivity index (χ4n) is 6.01. The molecule has 15 heteroatoms. The summed E-state index contributed by atoms with van der Waals surface area (Å²) in [4.78, 5) is 37.0. The highest BCUT2D eigenvalue weighted by Crippen LogP contribution is 2.44. The number of nitrogens with zero attached hydrogens (tertiary/aromatic N) is 2. The summed E-state index contributed by atoms with van der Waals surface area (Å²) in [5, 5.41) is 1.86. The van der Waals surface area contributed by atoms with E-state index in [1.807, 2.05) is 5.22 Å². The molecule has 1 aromatic rings. The van der Waals surface area contributed by atoms with Crippen LogP contribution in [0.4, 0.5) is 0 Å². The zero-order chi connectivity index (χ0) is 36.5. The maximum absolute atomic E-state index is 12.9. The van der Waals surface area contributed by atoms with Gasteiger partial charge in [-0.05, 0) is 25.5 Å². The van der Waals surface area contributed by atoms with Crippen LogP contribution in [0, 0.1) is 6.92 Å². The summed E-state index contributed by atoms with van der Waals surface area (Å²) in [6.07, 6.45) is 22.1. The molecule has 0 aliphatic carbocycles. The van der Waals surface area contributed by atoms with Gasteiger partial charge in [-0.25, -0.2) is 9.36 Å². The lowest BCUT2D eigenvalue weighted by molar-refractivity contribution is -0.556. The second-order valence-corrected chi connectivity index (χ2v) is 16.1. The van der Waals surface area contributed by atoms with E-state index in [0.29, 0.717) is 17.9 Å². The van der Waals surface area contributed by atoms with E-state index in [-0.39, 0.29) is 25.7 Å². The van der Waals surface area contributed by atoms with Crippen LogP contribution in [-0.2, 0) is 23.1 Å². The van der Waals surface area contributed by atoms with E-state index in [9.17, 15) is 24.6 Å². The van der Waals surface area contributed by atoms with E-state index in [0.717, 1.165) is 25.0 Å². The molecule has 290 valence electrons. The summed E-state index contributed by atoms with van der Waals surface area (Å²) in [6.45, 7) is 6.17. The maximum Gasteiger partial charge on any atom is 0.472 e. The minimum absolute atomic E-state index is 0.0874. The van der Waals surface area contributed by atoms with Gasteiger partial charge in [0.2, 0.25) is 0 Å². The van der Waals surface area contributed by atoms with Crippen LogP contribution in [0.3, 0.4) is 0 Å². The topological polar surface area (TPSA) is 177 Å². The van der Waals surface area contributed by atoms with Crippen LogP contribution in [0.2, 0.25) is 0 Å². The van der Waals surface area contributed by atoms with Crippen LogP contribution >= 0.6 is 19.6 Å². The van der Waals surface area contributed by atoms with E-state index >= 15 is 0 Å². The predicted molar refractivity (Wildman–Crippen MR) is 199 cm³/mol. The number of aromatic nitrogens is 2. The molecule has 0 radical (unpaired) electrons. The highest BCUT2D eigenvalue weighted by Gasteiger charge is 2.38. The summed E-state index contributed by atoms with van der Waals surface area (Å²) >= 11 is 1.78. The van der Waals surface area contributed by atoms with Crippen LogP contribution in [0.1, 0.15) is 148 Å². The lowest BCUT2D eigenvalue weighted by Gasteiger charge is -2.22. The van der Waals surface area contributed by atoms with E-state index in [4.69, 9.17) is 18.5 Å². The Labute approximate surface area is 303 Å². The number of hydrazine groups is 1. The van der Waals surface area contributed by atoms with Crippen molar-refractivity contribution in [3.63, 3.8) is 0 Å². The Hall–Kier alpha value is -1.54. The molecule has 1 aromatic heterocycles. The number of thioether (sulfide) groups is 1. The third kappa shape index (κ3) is 19.3. The monoisotopic (exact) mass is 747 g/mol. The van der Waals surface area contributed by atoms with Gasteiger partial charge in [0.05, 0.1) is 25.4 Å². The minimum Gasteiger partial charge on any atom is -0.375 e. The van der Waals surface area contributed by atoms with Gasteiger partial charge in [-0.3, -0.25) is 28.8 Å². The molecule has 1 fully saturated rings. The Balaban J connectivity index is 1.81. The molecule has 5 unspecified atom stereocenters. The van der Waals surface area contributed by atoms with Crippen LogP contribution < -0.4 is 21.9 Å². The Kier molecular flexibility index (Phi) is 24.2. The molecule has 2 rings (SSSR count). The van der Waals surface area contributed by atoms with E-state index < -0.39 is 37.4 Å². The SMILES string of the molecule is CCCCCCCCCCCCSCC(COP(=O)(O)OCC1OC(n2cc(C)c(=O)[nH]c2=O)CC1N[NH+]=[N-])OCCCCCCCCCC. The lowest BCUT2D eigenvalue weighted by atomic mass is 10.1. The van der Waals surface area contributed by atoms with Gasteiger partial charge in [-0.1, -0.05) is 117 Å². The second-order valence-electron chi connectivity index (χ2n) is 13.5. The van der Waals surface area contributed by atoms with Crippen molar-refractivity contribution in [2.24, 2.45) is 0 Å². The summed E-state index contributed by atoms with van der Waals surface area (Å²) in [7, 11) is -4.49. The van der Waals surface area contributed by atoms with Gasteiger partial charge in [-0.15, -0.1) is 0 Å². The first-order valence-electron chi connectivity index (χ1n) is 19.1. The molecule has 0 bridgehead atoms. The molecule has 0 amide bonds. The van der Waals surface area contributed by atoms with Crippen molar-refractivity contribution in [1.82, 2.24) is 15.0 Å². The fourth-order valence-corrected chi connectivity index (χ4v) is 7.80. The lowest BCUT2D eigenvalue weighted by Crippen LogP contribution is -2.79. The summed E-state index contributed by atoms with van der Waals surface area (Å²) in [5.41, 5.74) is 11.0. The maximum atomic E-state index is 12.9. The first kappa shape index (κ1) is 44.6. The number of hydrogen-bond donors (Lipinski definition) is 4. The Morgan fingerprint density at radius 3 is 2.16 bits per heavy atom. The molecule has 1 aliphatic rings. The van der Waals surface area contributed by atoms with Crippen LogP contribution in [0.15, 0.2) is 15.8 Å². The molecule has 0 aromatic carbocycles. The van der Waals surface area contributed by atoms with Gasteiger partial charge in [0.1, 0.15) is 6.23 Å². The third-order valence-electron chi connectivity index (χ3n) is 9.07. The van der Waals surface area contributed by atoms with Crippen LogP contribution in [0.25, 0.3) is 5.53 Å². The Morgan fingerprint density at radius 2 is 1.56 bits per heavy atom. The number of ether oxygens (including phenoxy) is 2. The normalized spacial score (nSPS) is 19.4. The van der Waals surface area contributed by atoms with Crippen molar-refractivity contribution in [1.29, 1.82) is 0 Å². The summed E-state index contributed by atoms with van der Waals surface area (Å²) in [6, 6.07) is -0.589. The standard InChI is InChI=1S/C35H66N5O8PS/c1-4-6-8-10-12-14-15-17-19-21-23-50-28-30(45-22-20-18-16-13-11-9-7-5-2)26-46-49(43,44)47-27-32-31(38-39-36)24-33(48-32)40-25-29(3)34(41)37-35(40)42/h25,30-33,39H,4-24,26-28H2,1-3H3,(H3-,36,37,38,41,42,43,44). The number of phosphoric ester groups is 1. The molecular formula is C35H66N5O8PS. The number of rotatable bonds is 32. The summed E-state index contributed by atoms with van der Waals surface area (Å²) in [5.74, 6) is 1.66. The quantitative estimate of drug-likeness (QED) is 0.0278. The number of H-pyrrole nitrogens is 1. The van der Waals surface area contributed by atoms with Crippen molar-refractivity contribution in [2.45, 2.75) is 167 Å². The number of aryl methyl sites for hydroxylation is 1. The largest absolute Gasteiger partial charge is 0.472 e. The van der Waals surface area contributed by atoms with Gasteiger partial charge < -0.3 is 14.4 Å². The smallest absolute Gasteiger partial charge is 0.375 e. The molecule has 5 atom stereocenters. The molecular weight excluding hydrogens is 681 g/mol. The minimum atomic E-state index is -4.49. The van der Waals surface area contributed by atoms with Crippen molar-refractivity contribution < 1.29 is 33.2 Å². The van der Waals surface area contributed by atoms with Crippen LogP contribution in [0.5, 0.6) is 0 Å². The molecule has 2 heterocycles. The molecule has 0 saturated carbocycles. The fraction of sp³-hybridized carbons (Fsp3) is 0.886. The van der Waals surface area contributed by atoms with Crippen molar-refractivity contribution >= 4 is 19.6 Å². The molecule has 1 saturated heterocycles. The van der Waals surface area contributed by atoms with Crippen molar-refractivity contribution in [3.05, 3.63) is 38.1 Å². The number of unbranched alkanes of at least 4 members (excludes halogenated alkanes) is 16. The predicted octanol–water partition coefficient (Wildman–Crippen LogP) is 6.42. The first-order valence-corrected chi connectivity index (χ1v) is 21.8. The Bertz CT molecular complexity index is 1200. The summed E-state index contributed by atoms with van der Waals surface area (Å²) < 4.78 is 37.0. The van der Waals surface area contributed by atoms with Crippen LogP contribution in [-0.4, -0.2) is 64.0 Å². The van der Waals surface area contributed by atoms with E-state index in [2.05, 4.69) is 24.3 Å². The zero-order valence-corrected chi connectivity index (χ0v) is 32.6. The number of nitrogens with one attached hydrogen (secondary N) is 3.